The minimum Gasteiger partial charge on any atom is -0.488 e. The van der Waals surface area contributed by atoms with E-state index in [9.17, 15) is 5.11 Å². The van der Waals surface area contributed by atoms with Gasteiger partial charge in [-0.25, -0.2) is 0 Å². The maximum absolute atomic E-state index is 9.95. The van der Waals surface area contributed by atoms with Crippen LogP contribution in [0.4, 0.5) is 0 Å². The second-order valence-electron chi connectivity index (χ2n) is 6.20. The lowest BCUT2D eigenvalue weighted by Gasteiger charge is -2.32. The normalized spacial score (nSPS) is 23.7. The van der Waals surface area contributed by atoms with Crippen LogP contribution in [-0.2, 0) is 12.8 Å². The highest BCUT2D eigenvalue weighted by atomic mass is 16.5. The summed E-state index contributed by atoms with van der Waals surface area (Å²) in [6, 6.07) is 6.41. The highest BCUT2D eigenvalue weighted by Crippen LogP contribution is 2.40. The van der Waals surface area contributed by atoms with E-state index in [4.69, 9.17) is 4.74 Å². The average Bonchev–Trinajstić information content (AvgIpc) is 2.94. The van der Waals surface area contributed by atoms with Gasteiger partial charge < -0.3 is 9.84 Å². The van der Waals surface area contributed by atoms with Gasteiger partial charge in [-0.15, -0.1) is 0 Å². The van der Waals surface area contributed by atoms with Crippen molar-refractivity contribution in [3.8, 4) is 5.75 Å². The van der Waals surface area contributed by atoms with Crippen LogP contribution in [0.25, 0.3) is 0 Å². The summed E-state index contributed by atoms with van der Waals surface area (Å²) in [5.74, 6) is 1.02. The lowest BCUT2D eigenvalue weighted by molar-refractivity contribution is 0.0844. The van der Waals surface area contributed by atoms with Gasteiger partial charge in [0.15, 0.2) is 0 Å². The summed E-state index contributed by atoms with van der Waals surface area (Å²) >= 11 is 0. The Labute approximate surface area is 103 Å². The van der Waals surface area contributed by atoms with Crippen LogP contribution in [0.5, 0.6) is 5.75 Å². The SMILES string of the molecule is CC1(C)CCc2ccc(CC3(O)CC3)cc2O1. The molecule has 2 nitrogen and oxygen atoms in total. The zero-order valence-corrected chi connectivity index (χ0v) is 10.6. The summed E-state index contributed by atoms with van der Waals surface area (Å²) in [6.07, 6.45) is 4.81. The van der Waals surface area contributed by atoms with Crippen LogP contribution in [-0.4, -0.2) is 16.3 Å². The molecule has 92 valence electrons. The van der Waals surface area contributed by atoms with Crippen LogP contribution in [0, 0.1) is 0 Å². The fraction of sp³-hybridized carbons (Fsp3) is 0.600. The van der Waals surface area contributed by atoms with Crippen LogP contribution < -0.4 is 4.74 Å². The van der Waals surface area contributed by atoms with Gasteiger partial charge in [-0.05, 0) is 56.7 Å². The molecule has 1 aliphatic heterocycles. The molecule has 1 aromatic rings. The molecule has 17 heavy (non-hydrogen) atoms. The molecule has 0 radical (unpaired) electrons. The molecule has 0 amide bonds. The van der Waals surface area contributed by atoms with Gasteiger partial charge in [-0.3, -0.25) is 0 Å². The van der Waals surface area contributed by atoms with Crippen LogP contribution in [0.15, 0.2) is 18.2 Å². The predicted molar refractivity (Wildman–Crippen MR) is 67.4 cm³/mol. The quantitative estimate of drug-likeness (QED) is 0.849. The molecule has 1 aliphatic carbocycles. The Bertz CT molecular complexity index is 444. The minimum absolute atomic E-state index is 0.0535. The van der Waals surface area contributed by atoms with E-state index in [1.165, 1.54) is 11.1 Å². The number of aliphatic hydroxyl groups is 1. The van der Waals surface area contributed by atoms with E-state index >= 15 is 0 Å². The van der Waals surface area contributed by atoms with Crippen molar-refractivity contribution in [2.45, 2.75) is 57.2 Å². The molecule has 0 saturated heterocycles. The van der Waals surface area contributed by atoms with Crippen LogP contribution >= 0.6 is 0 Å². The monoisotopic (exact) mass is 232 g/mol. The summed E-state index contributed by atoms with van der Waals surface area (Å²) in [5, 5.41) is 9.95. The number of rotatable bonds is 2. The third-order valence-electron chi connectivity index (χ3n) is 3.87. The zero-order valence-electron chi connectivity index (χ0n) is 10.6. The molecule has 2 heteroatoms. The topological polar surface area (TPSA) is 29.5 Å². The average molecular weight is 232 g/mol. The molecule has 1 N–H and O–H groups in total. The van der Waals surface area contributed by atoms with Crippen molar-refractivity contribution < 1.29 is 9.84 Å². The van der Waals surface area contributed by atoms with Crippen LogP contribution in [0.2, 0.25) is 0 Å². The van der Waals surface area contributed by atoms with Gasteiger partial charge in [-0.2, -0.15) is 0 Å². The number of hydrogen-bond donors (Lipinski definition) is 1. The molecule has 2 aliphatic rings. The van der Waals surface area contributed by atoms with Crippen molar-refractivity contribution in [1.82, 2.24) is 0 Å². The molecule has 0 spiro atoms. The van der Waals surface area contributed by atoms with Crippen molar-refractivity contribution in [2.24, 2.45) is 0 Å². The van der Waals surface area contributed by atoms with Gasteiger partial charge >= 0.3 is 0 Å². The van der Waals surface area contributed by atoms with E-state index in [0.29, 0.717) is 0 Å². The lowest BCUT2D eigenvalue weighted by Crippen LogP contribution is -2.32. The van der Waals surface area contributed by atoms with E-state index in [-0.39, 0.29) is 5.60 Å². The highest BCUT2D eigenvalue weighted by molar-refractivity contribution is 5.40. The molecule has 1 heterocycles. The largest absolute Gasteiger partial charge is 0.488 e. The Morgan fingerprint density at radius 3 is 2.71 bits per heavy atom. The van der Waals surface area contributed by atoms with E-state index in [1.807, 2.05) is 0 Å². The fourth-order valence-corrected chi connectivity index (χ4v) is 2.50. The van der Waals surface area contributed by atoms with Gasteiger partial charge in [0.05, 0.1) is 5.60 Å². The Kier molecular flexibility index (Phi) is 2.27. The molecular weight excluding hydrogens is 212 g/mol. The van der Waals surface area contributed by atoms with Crippen molar-refractivity contribution in [2.75, 3.05) is 0 Å². The molecule has 1 saturated carbocycles. The van der Waals surface area contributed by atoms with E-state index < -0.39 is 5.60 Å². The molecule has 1 aromatic carbocycles. The van der Waals surface area contributed by atoms with Crippen molar-refractivity contribution >= 4 is 0 Å². The second-order valence-corrected chi connectivity index (χ2v) is 6.20. The second kappa shape index (κ2) is 3.49. The molecule has 1 fully saturated rings. The summed E-state index contributed by atoms with van der Waals surface area (Å²) in [7, 11) is 0. The Morgan fingerprint density at radius 1 is 1.24 bits per heavy atom. The third kappa shape index (κ3) is 2.32. The first-order valence-electron chi connectivity index (χ1n) is 6.49. The van der Waals surface area contributed by atoms with Gasteiger partial charge in [0.2, 0.25) is 0 Å². The number of fused-ring (bicyclic) bond motifs is 1. The maximum Gasteiger partial charge on any atom is 0.123 e. The number of hydrogen-bond acceptors (Lipinski definition) is 2. The number of benzene rings is 1. The van der Waals surface area contributed by atoms with Gasteiger partial charge in [0, 0.05) is 6.42 Å². The fourth-order valence-electron chi connectivity index (χ4n) is 2.50. The van der Waals surface area contributed by atoms with E-state index in [0.717, 1.165) is 37.9 Å². The van der Waals surface area contributed by atoms with Crippen LogP contribution in [0.1, 0.15) is 44.2 Å². The van der Waals surface area contributed by atoms with Gasteiger partial charge in [0.1, 0.15) is 11.4 Å². The third-order valence-corrected chi connectivity index (χ3v) is 3.87. The first-order chi connectivity index (χ1) is 7.96. The molecule has 0 unspecified atom stereocenters. The predicted octanol–water partition coefficient (Wildman–Crippen LogP) is 2.86. The van der Waals surface area contributed by atoms with E-state index in [2.05, 4.69) is 32.0 Å². The van der Waals surface area contributed by atoms with E-state index in [1.54, 1.807) is 0 Å². The number of ether oxygens (including phenoxy) is 1. The maximum atomic E-state index is 9.95. The Morgan fingerprint density at radius 2 is 2.00 bits per heavy atom. The first-order valence-corrected chi connectivity index (χ1v) is 6.49. The van der Waals surface area contributed by atoms with Crippen molar-refractivity contribution in [1.29, 1.82) is 0 Å². The number of aryl methyl sites for hydroxylation is 1. The van der Waals surface area contributed by atoms with Gasteiger partial charge in [0.25, 0.3) is 0 Å². The molecule has 3 rings (SSSR count). The lowest BCUT2D eigenvalue weighted by atomic mass is 9.93. The standard InChI is InChI=1S/C15H20O2/c1-14(2)6-5-12-4-3-11(9-13(12)17-14)10-15(16)7-8-15/h3-4,9,16H,5-8,10H2,1-2H3. The summed E-state index contributed by atoms with van der Waals surface area (Å²) in [5.41, 5.74) is 2.03. The summed E-state index contributed by atoms with van der Waals surface area (Å²) < 4.78 is 6.01. The molecule has 0 aromatic heterocycles. The Hall–Kier alpha value is -1.02. The molecular formula is C15H20O2. The Balaban J connectivity index is 1.85. The smallest absolute Gasteiger partial charge is 0.123 e. The summed E-state index contributed by atoms with van der Waals surface area (Å²) in [6.45, 7) is 4.27. The molecule has 0 atom stereocenters. The van der Waals surface area contributed by atoms with Gasteiger partial charge in [-0.1, -0.05) is 12.1 Å². The highest BCUT2D eigenvalue weighted by Gasteiger charge is 2.40. The minimum atomic E-state index is -0.418. The summed E-state index contributed by atoms with van der Waals surface area (Å²) in [4.78, 5) is 0. The van der Waals surface area contributed by atoms with Crippen molar-refractivity contribution in [3.63, 3.8) is 0 Å². The molecule has 0 bridgehead atoms. The van der Waals surface area contributed by atoms with Crippen LogP contribution in [0.3, 0.4) is 0 Å². The van der Waals surface area contributed by atoms with Crippen molar-refractivity contribution in [3.05, 3.63) is 29.3 Å². The first kappa shape index (κ1) is 11.1. The zero-order chi connectivity index (χ0) is 12.1.